The quantitative estimate of drug-likeness (QED) is 0.369. The first-order valence-electron chi connectivity index (χ1n) is 14.1. The van der Waals surface area contributed by atoms with Gasteiger partial charge in [0.1, 0.15) is 12.4 Å². The number of carbonyl (C=O) groups excluding carboxylic acids is 1. The molecule has 2 aliphatic heterocycles. The van der Waals surface area contributed by atoms with Crippen LogP contribution in [0.1, 0.15) is 16.7 Å². The molecule has 5 rings (SSSR count). The lowest BCUT2D eigenvalue weighted by molar-refractivity contribution is -0.137. The number of alkyl halides is 3. The summed E-state index contributed by atoms with van der Waals surface area (Å²) in [4.78, 5) is 18.0. The predicted octanol–water partition coefficient (Wildman–Crippen LogP) is 4.82. The van der Waals surface area contributed by atoms with Gasteiger partial charge < -0.3 is 24.4 Å². The number of nitrogens with zero attached hydrogens (tertiary/aromatic N) is 2. The normalized spacial score (nSPS) is 18.5. The molecule has 1 fully saturated rings. The molecule has 0 spiro atoms. The van der Waals surface area contributed by atoms with Crippen molar-refractivity contribution >= 4 is 11.6 Å². The highest BCUT2D eigenvalue weighted by molar-refractivity contribution is 5.82. The molecule has 2 heterocycles. The van der Waals surface area contributed by atoms with Crippen LogP contribution in [0.5, 0.6) is 17.2 Å². The van der Waals surface area contributed by atoms with Gasteiger partial charge in [-0.15, -0.1) is 0 Å². The topological polar surface area (TPSA) is 63.3 Å². The van der Waals surface area contributed by atoms with E-state index < -0.39 is 17.7 Å². The number of fused-ring (bicyclic) bond motifs is 3. The van der Waals surface area contributed by atoms with Crippen LogP contribution in [0, 0.1) is 5.92 Å². The van der Waals surface area contributed by atoms with E-state index >= 15 is 0 Å². The van der Waals surface area contributed by atoms with Crippen molar-refractivity contribution in [1.82, 2.24) is 10.2 Å². The largest absolute Gasteiger partial charge is 0.493 e. The maximum atomic E-state index is 13.6. The number of carbonyl (C=O) groups is 1. The summed E-state index contributed by atoms with van der Waals surface area (Å²) in [7, 11) is 3.14. The molecular weight excluding hydrogens is 547 g/mol. The number of halogens is 3. The Bertz CT molecular complexity index is 1370. The summed E-state index contributed by atoms with van der Waals surface area (Å²) in [5, 5.41) is 3.05. The molecule has 2 atom stereocenters. The molecule has 10 heteroatoms. The smallest absolute Gasteiger partial charge is 0.416 e. The van der Waals surface area contributed by atoms with Crippen LogP contribution < -0.4 is 24.4 Å². The molecule has 2 aliphatic rings. The molecule has 1 N–H and O–H groups in total. The van der Waals surface area contributed by atoms with E-state index in [0.29, 0.717) is 56.3 Å². The lowest BCUT2D eigenvalue weighted by Crippen LogP contribution is -2.61. The van der Waals surface area contributed by atoms with Crippen molar-refractivity contribution in [2.75, 3.05) is 58.5 Å². The summed E-state index contributed by atoms with van der Waals surface area (Å²) in [5.74, 6) is 1.38. The Balaban J connectivity index is 1.29. The number of ether oxygens (including phenoxy) is 3. The average molecular weight is 584 g/mol. The van der Waals surface area contributed by atoms with Crippen LogP contribution in [0.15, 0.2) is 66.7 Å². The van der Waals surface area contributed by atoms with Gasteiger partial charge in [-0.2, -0.15) is 13.2 Å². The van der Waals surface area contributed by atoms with Crippen LogP contribution in [0.4, 0.5) is 18.9 Å². The van der Waals surface area contributed by atoms with E-state index in [0.717, 1.165) is 29.6 Å². The molecule has 0 bridgehead atoms. The molecule has 2 unspecified atom stereocenters. The molecule has 7 nitrogen and oxygen atoms in total. The molecule has 1 saturated heterocycles. The highest BCUT2D eigenvalue weighted by Crippen LogP contribution is 2.39. The van der Waals surface area contributed by atoms with E-state index in [4.69, 9.17) is 14.2 Å². The molecule has 0 aromatic heterocycles. The number of hydrogen-bond acceptors (Lipinski definition) is 6. The predicted molar refractivity (Wildman–Crippen MR) is 154 cm³/mol. The Morgan fingerprint density at radius 1 is 0.976 bits per heavy atom. The molecule has 224 valence electrons. The summed E-state index contributed by atoms with van der Waals surface area (Å²) in [5.41, 5.74) is 1.62. The molecular formula is C32H36F3N3O4. The summed E-state index contributed by atoms with van der Waals surface area (Å²) in [6, 6.07) is 19.0. The number of methoxy groups -OCH3 is 2. The van der Waals surface area contributed by atoms with Gasteiger partial charge in [-0.3, -0.25) is 9.69 Å². The summed E-state index contributed by atoms with van der Waals surface area (Å²) in [6.45, 7) is 3.54. The maximum Gasteiger partial charge on any atom is 0.416 e. The standard InChI is InChI=1S/C32H36F3N3O4/c1-40-29-11-8-22(18-30(29)41-2)12-13-36-31(39)26-20-23-19-24(32(33,34)35)9-10-27(23)38-15-14-37(21-28(26)38)16-17-42-25-6-4-3-5-7-25/h3-11,18-19,26,28H,12-17,20-21H2,1-2H3,(H,36,39). The molecule has 1 amide bonds. The average Bonchev–Trinajstić information content (AvgIpc) is 3.00. The third-order valence-electron chi connectivity index (χ3n) is 8.04. The molecule has 0 saturated carbocycles. The van der Waals surface area contributed by atoms with Gasteiger partial charge in [0.05, 0.1) is 31.7 Å². The number of amides is 1. The number of anilines is 1. The Morgan fingerprint density at radius 3 is 2.50 bits per heavy atom. The number of hydrogen-bond donors (Lipinski definition) is 1. The molecule has 0 radical (unpaired) electrons. The molecule has 42 heavy (non-hydrogen) atoms. The first-order chi connectivity index (χ1) is 20.3. The van der Waals surface area contributed by atoms with Crippen LogP contribution in [0.2, 0.25) is 0 Å². The molecule has 3 aromatic rings. The van der Waals surface area contributed by atoms with E-state index in [-0.39, 0.29) is 18.4 Å². The van der Waals surface area contributed by atoms with Crippen molar-refractivity contribution < 1.29 is 32.2 Å². The van der Waals surface area contributed by atoms with Gasteiger partial charge in [0, 0.05) is 38.4 Å². The number of piperazine rings is 1. The zero-order valence-corrected chi connectivity index (χ0v) is 23.8. The Morgan fingerprint density at radius 2 is 1.76 bits per heavy atom. The monoisotopic (exact) mass is 583 g/mol. The highest BCUT2D eigenvalue weighted by atomic mass is 19.4. The van der Waals surface area contributed by atoms with Crippen LogP contribution in [-0.2, 0) is 23.8 Å². The fourth-order valence-corrected chi connectivity index (χ4v) is 5.87. The minimum Gasteiger partial charge on any atom is -0.493 e. The third-order valence-corrected chi connectivity index (χ3v) is 8.04. The molecule has 0 aliphatic carbocycles. The van der Waals surface area contributed by atoms with Gasteiger partial charge in [-0.05, 0) is 66.4 Å². The first kappa shape index (κ1) is 29.6. The van der Waals surface area contributed by atoms with Crippen LogP contribution in [0.3, 0.4) is 0 Å². The van der Waals surface area contributed by atoms with E-state index in [1.807, 2.05) is 48.5 Å². The second-order valence-corrected chi connectivity index (χ2v) is 10.6. The number of nitrogens with one attached hydrogen (secondary N) is 1. The summed E-state index contributed by atoms with van der Waals surface area (Å²) in [6.07, 6.45) is -3.62. The van der Waals surface area contributed by atoms with Crippen LogP contribution in [-0.4, -0.2) is 70.4 Å². The van der Waals surface area contributed by atoms with Gasteiger partial charge >= 0.3 is 6.18 Å². The maximum absolute atomic E-state index is 13.6. The zero-order chi connectivity index (χ0) is 29.7. The van der Waals surface area contributed by atoms with Crippen molar-refractivity contribution in [1.29, 1.82) is 0 Å². The van der Waals surface area contributed by atoms with Crippen molar-refractivity contribution in [3.05, 3.63) is 83.4 Å². The van der Waals surface area contributed by atoms with E-state index in [1.54, 1.807) is 20.3 Å². The summed E-state index contributed by atoms with van der Waals surface area (Å²) >= 11 is 0. The van der Waals surface area contributed by atoms with E-state index in [2.05, 4.69) is 15.1 Å². The fraction of sp³-hybridized carbons (Fsp3) is 0.406. The van der Waals surface area contributed by atoms with Gasteiger partial charge in [0.2, 0.25) is 5.91 Å². The third kappa shape index (κ3) is 6.75. The zero-order valence-electron chi connectivity index (χ0n) is 23.8. The minimum absolute atomic E-state index is 0.157. The fourth-order valence-electron chi connectivity index (χ4n) is 5.87. The molecule has 3 aromatic carbocycles. The van der Waals surface area contributed by atoms with Gasteiger partial charge in [-0.1, -0.05) is 24.3 Å². The van der Waals surface area contributed by atoms with Crippen molar-refractivity contribution in [3.8, 4) is 17.2 Å². The number of rotatable bonds is 10. The van der Waals surface area contributed by atoms with Crippen LogP contribution in [0.25, 0.3) is 0 Å². The SMILES string of the molecule is COc1ccc(CCNC(=O)C2Cc3cc(C(F)(F)F)ccc3N3CCN(CCOc4ccccc4)CC23)cc1OC. The van der Waals surface area contributed by atoms with Crippen molar-refractivity contribution in [2.24, 2.45) is 5.92 Å². The lowest BCUT2D eigenvalue weighted by Gasteiger charge is -2.49. The second-order valence-electron chi connectivity index (χ2n) is 10.6. The lowest BCUT2D eigenvalue weighted by atomic mass is 9.82. The van der Waals surface area contributed by atoms with Crippen LogP contribution >= 0.6 is 0 Å². The van der Waals surface area contributed by atoms with Crippen molar-refractivity contribution in [3.63, 3.8) is 0 Å². The van der Waals surface area contributed by atoms with Crippen molar-refractivity contribution in [2.45, 2.75) is 25.1 Å². The Kier molecular flexibility index (Phi) is 9.11. The second kappa shape index (κ2) is 12.9. The Labute approximate surface area is 244 Å². The van der Waals surface area contributed by atoms with Gasteiger partial charge in [0.15, 0.2) is 11.5 Å². The number of para-hydroxylation sites is 1. The summed E-state index contributed by atoms with van der Waals surface area (Å²) < 4.78 is 57.2. The van der Waals surface area contributed by atoms with Gasteiger partial charge in [-0.25, -0.2) is 0 Å². The highest BCUT2D eigenvalue weighted by Gasteiger charge is 2.42. The minimum atomic E-state index is -4.44. The Hall–Kier alpha value is -3.92. The van der Waals surface area contributed by atoms with E-state index in [9.17, 15) is 18.0 Å². The number of benzene rings is 3. The van der Waals surface area contributed by atoms with Gasteiger partial charge in [0.25, 0.3) is 0 Å². The first-order valence-corrected chi connectivity index (χ1v) is 14.1. The van der Waals surface area contributed by atoms with E-state index in [1.165, 1.54) is 6.07 Å².